The minimum atomic E-state index is -0.902. The number of halogens is 2. The molecule has 0 spiro atoms. The van der Waals surface area contributed by atoms with Crippen LogP contribution in [0.3, 0.4) is 0 Å². The number of rotatable bonds is 4. The summed E-state index contributed by atoms with van der Waals surface area (Å²) in [6, 6.07) is 3.90. The Labute approximate surface area is 114 Å². The highest BCUT2D eigenvalue weighted by Gasteiger charge is 2.25. The molecule has 1 saturated carbocycles. The SMILES string of the molecule is O=c1c(NCc2ccc(F)c(F)c2)nccn1C1CC1. The molecule has 4 nitrogen and oxygen atoms in total. The van der Waals surface area contributed by atoms with Crippen molar-refractivity contribution in [1.82, 2.24) is 9.55 Å². The van der Waals surface area contributed by atoms with E-state index in [2.05, 4.69) is 10.3 Å². The third-order valence-electron chi connectivity index (χ3n) is 3.25. The van der Waals surface area contributed by atoms with Gasteiger partial charge in [0.2, 0.25) is 0 Å². The van der Waals surface area contributed by atoms with E-state index >= 15 is 0 Å². The molecular weight excluding hydrogens is 264 g/mol. The second kappa shape index (κ2) is 5.03. The van der Waals surface area contributed by atoms with Crippen molar-refractivity contribution in [3.63, 3.8) is 0 Å². The number of nitrogens with one attached hydrogen (secondary N) is 1. The maximum atomic E-state index is 13.1. The summed E-state index contributed by atoms with van der Waals surface area (Å²) in [5, 5.41) is 2.87. The fraction of sp³-hybridized carbons (Fsp3) is 0.286. The number of anilines is 1. The fourth-order valence-corrected chi connectivity index (χ4v) is 2.02. The Morgan fingerprint density at radius 3 is 2.80 bits per heavy atom. The number of nitrogens with zero attached hydrogens (tertiary/aromatic N) is 2. The molecule has 0 aliphatic heterocycles. The van der Waals surface area contributed by atoms with E-state index in [-0.39, 0.29) is 24.0 Å². The standard InChI is InChI=1S/C14H13F2N3O/c15-11-4-1-9(7-12(11)16)8-18-13-14(20)19(6-5-17-13)10-2-3-10/h1,4-7,10H,2-3,8H2,(H,17,18). The third kappa shape index (κ3) is 2.54. The van der Waals surface area contributed by atoms with Crippen molar-refractivity contribution in [2.45, 2.75) is 25.4 Å². The molecule has 0 bridgehead atoms. The smallest absolute Gasteiger partial charge is 0.293 e. The van der Waals surface area contributed by atoms with Crippen LogP contribution in [0.2, 0.25) is 0 Å². The van der Waals surface area contributed by atoms with Crippen LogP contribution >= 0.6 is 0 Å². The minimum Gasteiger partial charge on any atom is -0.361 e. The lowest BCUT2D eigenvalue weighted by molar-refractivity contribution is 0.507. The van der Waals surface area contributed by atoms with Gasteiger partial charge >= 0.3 is 0 Å². The summed E-state index contributed by atoms with van der Waals surface area (Å²) < 4.78 is 27.5. The van der Waals surface area contributed by atoms with Crippen LogP contribution in [0, 0.1) is 11.6 Å². The molecule has 104 valence electrons. The van der Waals surface area contributed by atoms with E-state index in [1.54, 1.807) is 17.0 Å². The van der Waals surface area contributed by atoms with Gasteiger partial charge in [0, 0.05) is 25.0 Å². The van der Waals surface area contributed by atoms with Crippen molar-refractivity contribution < 1.29 is 8.78 Å². The van der Waals surface area contributed by atoms with Crippen molar-refractivity contribution in [2.75, 3.05) is 5.32 Å². The van der Waals surface area contributed by atoms with Gasteiger partial charge in [-0.3, -0.25) is 4.79 Å². The summed E-state index contributed by atoms with van der Waals surface area (Å²) in [5.41, 5.74) is 0.365. The lowest BCUT2D eigenvalue weighted by Gasteiger charge is -2.08. The van der Waals surface area contributed by atoms with Crippen LogP contribution in [0.25, 0.3) is 0 Å². The number of hydrogen-bond donors (Lipinski definition) is 1. The molecule has 6 heteroatoms. The van der Waals surface area contributed by atoms with Crippen LogP contribution < -0.4 is 10.9 Å². The predicted octanol–water partition coefficient (Wildman–Crippen LogP) is 2.47. The molecule has 2 aromatic rings. The molecule has 20 heavy (non-hydrogen) atoms. The van der Waals surface area contributed by atoms with Gasteiger partial charge in [0.1, 0.15) is 0 Å². The molecule has 0 amide bonds. The molecule has 1 fully saturated rings. The van der Waals surface area contributed by atoms with E-state index in [1.807, 2.05) is 0 Å². The van der Waals surface area contributed by atoms with Gasteiger partial charge in [-0.05, 0) is 30.5 Å². The van der Waals surface area contributed by atoms with Crippen LogP contribution in [0.1, 0.15) is 24.4 Å². The average molecular weight is 277 g/mol. The van der Waals surface area contributed by atoms with E-state index in [0.29, 0.717) is 5.56 Å². The van der Waals surface area contributed by atoms with Crippen molar-refractivity contribution in [2.24, 2.45) is 0 Å². The number of hydrogen-bond acceptors (Lipinski definition) is 3. The highest BCUT2D eigenvalue weighted by Crippen LogP contribution is 2.33. The van der Waals surface area contributed by atoms with Gasteiger partial charge < -0.3 is 9.88 Å². The quantitative estimate of drug-likeness (QED) is 0.934. The van der Waals surface area contributed by atoms with E-state index in [4.69, 9.17) is 0 Å². The van der Waals surface area contributed by atoms with Gasteiger partial charge in [0.05, 0.1) is 0 Å². The van der Waals surface area contributed by atoms with Crippen LogP contribution in [-0.4, -0.2) is 9.55 Å². The second-order valence-corrected chi connectivity index (χ2v) is 4.82. The molecule has 1 aliphatic rings. The second-order valence-electron chi connectivity index (χ2n) is 4.82. The van der Waals surface area contributed by atoms with Crippen molar-refractivity contribution in [1.29, 1.82) is 0 Å². The zero-order valence-electron chi connectivity index (χ0n) is 10.6. The van der Waals surface area contributed by atoms with Crippen LogP contribution in [0.15, 0.2) is 35.4 Å². The molecule has 0 saturated heterocycles. The Morgan fingerprint density at radius 1 is 1.30 bits per heavy atom. The first-order valence-electron chi connectivity index (χ1n) is 6.40. The molecule has 0 unspecified atom stereocenters. The monoisotopic (exact) mass is 277 g/mol. The summed E-state index contributed by atoms with van der Waals surface area (Å²) in [4.78, 5) is 16.1. The Kier molecular flexibility index (Phi) is 3.22. The van der Waals surface area contributed by atoms with Gasteiger partial charge in [0.25, 0.3) is 5.56 Å². The molecule has 3 rings (SSSR count). The molecule has 1 aromatic heterocycles. The maximum Gasteiger partial charge on any atom is 0.293 e. The first kappa shape index (κ1) is 12.8. The molecular formula is C14H13F2N3O. The summed E-state index contributed by atoms with van der Waals surface area (Å²) in [7, 11) is 0. The Hall–Kier alpha value is -2.24. The fourth-order valence-electron chi connectivity index (χ4n) is 2.02. The first-order valence-corrected chi connectivity index (χ1v) is 6.40. The zero-order chi connectivity index (χ0) is 14.1. The summed E-state index contributed by atoms with van der Waals surface area (Å²) >= 11 is 0. The van der Waals surface area contributed by atoms with Crippen molar-refractivity contribution >= 4 is 5.82 Å². The normalized spacial score (nSPS) is 14.3. The third-order valence-corrected chi connectivity index (χ3v) is 3.25. The lowest BCUT2D eigenvalue weighted by atomic mass is 10.2. The Morgan fingerprint density at radius 2 is 2.10 bits per heavy atom. The molecule has 1 aromatic carbocycles. The van der Waals surface area contributed by atoms with E-state index in [1.165, 1.54) is 6.07 Å². The van der Waals surface area contributed by atoms with Crippen LogP contribution in [-0.2, 0) is 6.54 Å². The lowest BCUT2D eigenvalue weighted by Crippen LogP contribution is -2.23. The molecule has 0 atom stereocenters. The number of benzene rings is 1. The average Bonchev–Trinajstić information content (AvgIpc) is 3.26. The highest BCUT2D eigenvalue weighted by molar-refractivity contribution is 5.33. The highest BCUT2D eigenvalue weighted by atomic mass is 19.2. The molecule has 1 heterocycles. The molecule has 1 aliphatic carbocycles. The molecule has 0 radical (unpaired) electrons. The van der Waals surface area contributed by atoms with Crippen LogP contribution in [0.4, 0.5) is 14.6 Å². The largest absolute Gasteiger partial charge is 0.361 e. The van der Waals surface area contributed by atoms with Gasteiger partial charge in [0.15, 0.2) is 17.5 Å². The van der Waals surface area contributed by atoms with Gasteiger partial charge in [-0.25, -0.2) is 13.8 Å². The van der Waals surface area contributed by atoms with E-state index in [9.17, 15) is 13.6 Å². The molecule has 1 N–H and O–H groups in total. The topological polar surface area (TPSA) is 46.9 Å². The first-order chi connectivity index (χ1) is 9.65. The van der Waals surface area contributed by atoms with E-state index in [0.717, 1.165) is 25.0 Å². The van der Waals surface area contributed by atoms with E-state index < -0.39 is 11.6 Å². The zero-order valence-corrected chi connectivity index (χ0v) is 10.6. The Balaban J connectivity index is 1.76. The van der Waals surface area contributed by atoms with Crippen molar-refractivity contribution in [3.8, 4) is 0 Å². The maximum absolute atomic E-state index is 13.1. The summed E-state index contributed by atoms with van der Waals surface area (Å²) in [5.74, 6) is -1.56. The summed E-state index contributed by atoms with van der Waals surface area (Å²) in [6.45, 7) is 0.216. The predicted molar refractivity (Wildman–Crippen MR) is 70.5 cm³/mol. The van der Waals surface area contributed by atoms with Crippen LogP contribution in [0.5, 0.6) is 0 Å². The summed E-state index contributed by atoms with van der Waals surface area (Å²) in [6.07, 6.45) is 5.25. The number of aromatic nitrogens is 2. The van der Waals surface area contributed by atoms with Gasteiger partial charge in [-0.2, -0.15) is 0 Å². The van der Waals surface area contributed by atoms with Crippen molar-refractivity contribution in [3.05, 3.63) is 58.1 Å². The minimum absolute atomic E-state index is 0.183. The van der Waals surface area contributed by atoms with Gasteiger partial charge in [-0.15, -0.1) is 0 Å². The Bertz CT molecular complexity index is 695. The van der Waals surface area contributed by atoms with Gasteiger partial charge in [-0.1, -0.05) is 6.07 Å².